The number of nitrogens with zero attached hydrogens (tertiary/aromatic N) is 2. The highest BCUT2D eigenvalue weighted by Gasteiger charge is 2.21. The molecule has 1 fully saturated rings. The number of piperazine rings is 1. The van der Waals surface area contributed by atoms with Gasteiger partial charge in [0.05, 0.1) is 10.6 Å². The fourth-order valence-electron chi connectivity index (χ4n) is 2.85. The zero-order valence-corrected chi connectivity index (χ0v) is 16.0. The van der Waals surface area contributed by atoms with Gasteiger partial charge < -0.3 is 15.1 Å². The molecule has 138 valence electrons. The van der Waals surface area contributed by atoms with Gasteiger partial charge >= 0.3 is 0 Å². The molecule has 5 nitrogen and oxygen atoms in total. The van der Waals surface area contributed by atoms with E-state index in [0.717, 1.165) is 5.69 Å². The van der Waals surface area contributed by atoms with Crippen molar-refractivity contribution in [2.75, 3.05) is 42.7 Å². The summed E-state index contributed by atoms with van der Waals surface area (Å²) < 4.78 is 36.9. The molecule has 2 aromatic rings. The zero-order chi connectivity index (χ0) is 18.7. The van der Waals surface area contributed by atoms with Crippen LogP contribution in [0.3, 0.4) is 0 Å². The molecule has 0 aliphatic carbocycles. The summed E-state index contributed by atoms with van der Waals surface area (Å²) in [5, 5.41) is 3.70. The first kappa shape index (κ1) is 18.6. The van der Waals surface area contributed by atoms with Gasteiger partial charge in [0.25, 0.3) is 0 Å². The van der Waals surface area contributed by atoms with Gasteiger partial charge in [-0.3, -0.25) is 0 Å². The number of para-hydroxylation sites is 1. The molecule has 0 aromatic heterocycles. The molecule has 1 N–H and O–H groups in total. The van der Waals surface area contributed by atoms with Crippen molar-refractivity contribution in [3.05, 3.63) is 54.3 Å². The van der Waals surface area contributed by atoms with Crippen molar-refractivity contribution in [1.82, 2.24) is 4.90 Å². The van der Waals surface area contributed by atoms with E-state index in [1.807, 2.05) is 15.9 Å². The molecule has 0 radical (unpaired) electrons. The molecule has 3 rings (SSSR count). The van der Waals surface area contributed by atoms with E-state index in [1.165, 1.54) is 12.3 Å². The predicted octanol–water partition coefficient (Wildman–Crippen LogP) is 2.75. The van der Waals surface area contributed by atoms with Crippen LogP contribution in [-0.4, -0.2) is 50.9 Å². The molecule has 8 heteroatoms. The highest BCUT2D eigenvalue weighted by Crippen LogP contribution is 2.21. The molecular formula is C18H20FN3O2S2. The summed E-state index contributed by atoms with van der Waals surface area (Å²) in [5.74, 6) is -0.215. The highest BCUT2D eigenvalue weighted by atomic mass is 32.2. The van der Waals surface area contributed by atoms with Crippen molar-refractivity contribution < 1.29 is 12.8 Å². The molecule has 2 aromatic carbocycles. The van der Waals surface area contributed by atoms with Gasteiger partial charge in [0, 0.05) is 38.1 Å². The molecule has 1 heterocycles. The van der Waals surface area contributed by atoms with Crippen molar-refractivity contribution >= 4 is 38.5 Å². The van der Waals surface area contributed by atoms with E-state index < -0.39 is 9.84 Å². The van der Waals surface area contributed by atoms with Crippen LogP contribution >= 0.6 is 12.2 Å². The number of hydrogen-bond donors (Lipinski definition) is 1. The lowest BCUT2D eigenvalue weighted by Gasteiger charge is -2.37. The van der Waals surface area contributed by atoms with E-state index in [2.05, 4.69) is 5.32 Å². The van der Waals surface area contributed by atoms with Gasteiger partial charge in [0.15, 0.2) is 14.9 Å². The minimum Gasteiger partial charge on any atom is -0.366 e. The summed E-state index contributed by atoms with van der Waals surface area (Å²) in [7, 11) is -3.21. The van der Waals surface area contributed by atoms with Crippen LogP contribution in [0, 0.1) is 5.82 Å². The average molecular weight is 394 g/mol. The van der Waals surface area contributed by atoms with Gasteiger partial charge in [0.1, 0.15) is 5.82 Å². The first-order valence-electron chi connectivity index (χ1n) is 8.20. The van der Waals surface area contributed by atoms with E-state index in [-0.39, 0.29) is 10.7 Å². The van der Waals surface area contributed by atoms with Crippen LogP contribution in [0.2, 0.25) is 0 Å². The Morgan fingerprint density at radius 3 is 2.23 bits per heavy atom. The van der Waals surface area contributed by atoms with Crippen molar-refractivity contribution in [3.63, 3.8) is 0 Å². The molecule has 0 spiro atoms. The lowest BCUT2D eigenvalue weighted by Crippen LogP contribution is -2.50. The van der Waals surface area contributed by atoms with E-state index in [4.69, 9.17) is 12.2 Å². The highest BCUT2D eigenvalue weighted by molar-refractivity contribution is 7.90. The van der Waals surface area contributed by atoms with Crippen molar-refractivity contribution in [3.8, 4) is 0 Å². The number of benzene rings is 2. The number of hydrogen-bond acceptors (Lipinski definition) is 4. The Hall–Kier alpha value is -2.19. The quantitative estimate of drug-likeness (QED) is 0.810. The summed E-state index contributed by atoms with van der Waals surface area (Å²) in [5.41, 5.74) is 1.35. The van der Waals surface area contributed by atoms with E-state index in [9.17, 15) is 12.8 Å². The minimum absolute atomic E-state index is 0.215. The van der Waals surface area contributed by atoms with Crippen molar-refractivity contribution in [2.24, 2.45) is 0 Å². The standard InChI is InChI=1S/C18H20FN3O2S2/c1-26(23,24)15-8-6-14(7-9-15)20-18(25)22-12-10-21(11-13-22)17-5-3-2-4-16(17)19/h2-9H,10-13H2,1H3,(H,20,25). The summed E-state index contributed by atoms with van der Waals surface area (Å²) in [6.45, 7) is 2.72. The average Bonchev–Trinajstić information content (AvgIpc) is 2.62. The van der Waals surface area contributed by atoms with Gasteiger partial charge in [-0.1, -0.05) is 12.1 Å². The Balaban J connectivity index is 1.58. The number of halogens is 1. The van der Waals surface area contributed by atoms with Crippen LogP contribution in [0.15, 0.2) is 53.4 Å². The number of sulfone groups is 1. The van der Waals surface area contributed by atoms with Gasteiger partial charge in [-0.05, 0) is 48.6 Å². The number of anilines is 2. The Morgan fingerprint density at radius 1 is 1.04 bits per heavy atom. The summed E-state index contributed by atoms with van der Waals surface area (Å²) in [6.07, 6.45) is 1.18. The largest absolute Gasteiger partial charge is 0.366 e. The van der Waals surface area contributed by atoms with Gasteiger partial charge in [0.2, 0.25) is 0 Å². The van der Waals surface area contributed by atoms with E-state index in [0.29, 0.717) is 37.0 Å². The molecule has 0 unspecified atom stereocenters. The topological polar surface area (TPSA) is 52.7 Å². The third kappa shape index (κ3) is 4.31. The third-order valence-electron chi connectivity index (χ3n) is 4.29. The predicted molar refractivity (Wildman–Crippen MR) is 106 cm³/mol. The fourth-order valence-corrected chi connectivity index (χ4v) is 3.78. The molecule has 0 bridgehead atoms. The maximum Gasteiger partial charge on any atom is 0.175 e. The maximum atomic E-state index is 13.9. The number of thiocarbonyl (C=S) groups is 1. The van der Waals surface area contributed by atoms with Crippen LogP contribution < -0.4 is 10.2 Å². The van der Waals surface area contributed by atoms with Crippen LogP contribution in [0.4, 0.5) is 15.8 Å². The van der Waals surface area contributed by atoms with E-state index in [1.54, 1.807) is 36.4 Å². The second-order valence-electron chi connectivity index (χ2n) is 6.15. The van der Waals surface area contributed by atoms with Crippen molar-refractivity contribution in [1.29, 1.82) is 0 Å². The van der Waals surface area contributed by atoms with Gasteiger partial charge in [-0.2, -0.15) is 0 Å². The minimum atomic E-state index is -3.21. The molecule has 0 atom stereocenters. The van der Waals surface area contributed by atoms with Crippen LogP contribution in [0.1, 0.15) is 0 Å². The molecule has 0 saturated carbocycles. The Labute approximate surface area is 158 Å². The van der Waals surface area contributed by atoms with Crippen LogP contribution in [-0.2, 0) is 9.84 Å². The smallest absolute Gasteiger partial charge is 0.175 e. The third-order valence-corrected chi connectivity index (χ3v) is 5.78. The first-order chi connectivity index (χ1) is 12.3. The SMILES string of the molecule is CS(=O)(=O)c1ccc(NC(=S)N2CCN(c3ccccc3F)CC2)cc1. The lowest BCUT2D eigenvalue weighted by molar-refractivity contribution is 0.388. The summed E-state index contributed by atoms with van der Waals surface area (Å²) >= 11 is 5.45. The van der Waals surface area contributed by atoms with Crippen LogP contribution in [0.25, 0.3) is 0 Å². The second kappa shape index (κ2) is 7.59. The van der Waals surface area contributed by atoms with Gasteiger partial charge in [-0.15, -0.1) is 0 Å². The Morgan fingerprint density at radius 2 is 1.65 bits per heavy atom. The zero-order valence-electron chi connectivity index (χ0n) is 14.4. The molecule has 1 aliphatic rings. The number of rotatable bonds is 3. The Kier molecular flexibility index (Phi) is 5.43. The summed E-state index contributed by atoms with van der Waals surface area (Å²) in [4.78, 5) is 4.31. The number of nitrogens with one attached hydrogen (secondary N) is 1. The maximum absolute atomic E-state index is 13.9. The monoisotopic (exact) mass is 393 g/mol. The summed E-state index contributed by atoms with van der Waals surface area (Å²) in [6, 6.07) is 13.3. The Bertz CT molecular complexity index is 893. The molecule has 26 heavy (non-hydrogen) atoms. The first-order valence-corrected chi connectivity index (χ1v) is 10.5. The second-order valence-corrected chi connectivity index (χ2v) is 8.55. The molecule has 0 amide bonds. The molecule has 1 aliphatic heterocycles. The van der Waals surface area contributed by atoms with E-state index >= 15 is 0 Å². The fraction of sp³-hybridized carbons (Fsp3) is 0.278. The van der Waals surface area contributed by atoms with Crippen LogP contribution in [0.5, 0.6) is 0 Å². The molecule has 1 saturated heterocycles. The molecular weight excluding hydrogens is 373 g/mol. The van der Waals surface area contributed by atoms with Crippen molar-refractivity contribution in [2.45, 2.75) is 4.90 Å². The van der Waals surface area contributed by atoms with Gasteiger partial charge in [-0.25, -0.2) is 12.8 Å². The lowest BCUT2D eigenvalue weighted by atomic mass is 10.2. The normalized spacial score (nSPS) is 15.0.